The van der Waals surface area contributed by atoms with Crippen LogP contribution in [0.25, 0.3) is 0 Å². The molecule has 0 unspecified atom stereocenters. The first-order chi connectivity index (χ1) is 12.5. The number of para-hydroxylation sites is 1. The third-order valence-electron chi connectivity index (χ3n) is 4.03. The molecule has 0 aromatic heterocycles. The first-order valence-corrected chi connectivity index (χ1v) is 9.07. The van der Waals surface area contributed by atoms with E-state index in [4.69, 9.17) is 4.74 Å². The zero-order valence-corrected chi connectivity index (χ0v) is 16.1. The Balaban J connectivity index is 2.08. The van der Waals surface area contributed by atoms with Crippen LogP contribution in [0.2, 0.25) is 0 Å². The van der Waals surface area contributed by atoms with Crippen LogP contribution in [-0.4, -0.2) is 24.2 Å². The van der Waals surface area contributed by atoms with Gasteiger partial charge in [-0.05, 0) is 50.5 Å². The summed E-state index contributed by atoms with van der Waals surface area (Å²) >= 11 is 0. The Bertz CT molecular complexity index is 734. The van der Waals surface area contributed by atoms with Crippen LogP contribution in [0.5, 0.6) is 11.5 Å². The number of phenols is 1. The molecule has 0 heterocycles. The fraction of sp³-hybridized carbons (Fsp3) is 0.381. The van der Waals surface area contributed by atoms with Crippen molar-refractivity contribution >= 4 is 5.96 Å². The molecule has 140 valence electrons. The second-order valence-corrected chi connectivity index (χ2v) is 6.17. The summed E-state index contributed by atoms with van der Waals surface area (Å²) in [6, 6.07) is 12.0. The van der Waals surface area contributed by atoms with Crippen LogP contribution in [0.3, 0.4) is 0 Å². The molecular formula is C21H29N3O2. The van der Waals surface area contributed by atoms with Crippen molar-refractivity contribution in [1.82, 2.24) is 10.6 Å². The van der Waals surface area contributed by atoms with Crippen LogP contribution in [0.15, 0.2) is 41.4 Å². The number of aromatic hydroxyl groups is 1. The van der Waals surface area contributed by atoms with E-state index in [0.29, 0.717) is 25.4 Å². The number of aryl methyl sites for hydroxylation is 2. The quantitative estimate of drug-likeness (QED) is 0.524. The Morgan fingerprint density at radius 2 is 1.77 bits per heavy atom. The highest BCUT2D eigenvalue weighted by atomic mass is 16.5. The lowest BCUT2D eigenvalue weighted by Gasteiger charge is -2.14. The van der Waals surface area contributed by atoms with Crippen molar-refractivity contribution in [1.29, 1.82) is 0 Å². The predicted octanol–water partition coefficient (Wildman–Crippen LogP) is 3.66. The number of benzene rings is 2. The summed E-state index contributed by atoms with van der Waals surface area (Å²) in [7, 11) is 0. The number of phenolic OH excluding ortho intramolecular Hbond substituents is 1. The van der Waals surface area contributed by atoms with Gasteiger partial charge in [-0.1, -0.05) is 30.3 Å². The molecule has 5 heteroatoms. The Morgan fingerprint density at radius 3 is 2.42 bits per heavy atom. The van der Waals surface area contributed by atoms with Crippen LogP contribution in [-0.2, 0) is 13.1 Å². The first-order valence-electron chi connectivity index (χ1n) is 9.07. The number of nitrogens with zero attached hydrogens (tertiary/aromatic N) is 1. The van der Waals surface area contributed by atoms with Crippen LogP contribution >= 0.6 is 0 Å². The van der Waals surface area contributed by atoms with E-state index in [1.165, 1.54) is 0 Å². The second-order valence-electron chi connectivity index (χ2n) is 6.17. The van der Waals surface area contributed by atoms with Gasteiger partial charge in [0.2, 0.25) is 0 Å². The van der Waals surface area contributed by atoms with E-state index in [0.717, 1.165) is 40.5 Å². The summed E-state index contributed by atoms with van der Waals surface area (Å²) in [5.41, 5.74) is 3.92. The van der Waals surface area contributed by atoms with E-state index >= 15 is 0 Å². The predicted molar refractivity (Wildman–Crippen MR) is 107 cm³/mol. The Labute approximate surface area is 156 Å². The molecule has 0 saturated heterocycles. The Hall–Kier alpha value is -2.69. The Kier molecular flexibility index (Phi) is 7.33. The first kappa shape index (κ1) is 19.6. The van der Waals surface area contributed by atoms with Crippen LogP contribution < -0.4 is 15.4 Å². The number of ether oxygens (including phenoxy) is 1. The molecule has 26 heavy (non-hydrogen) atoms. The molecule has 0 spiro atoms. The number of aliphatic imine (C=N–C) groups is 1. The summed E-state index contributed by atoms with van der Waals surface area (Å²) < 4.78 is 5.67. The van der Waals surface area contributed by atoms with Crippen molar-refractivity contribution in [3.63, 3.8) is 0 Å². The maximum Gasteiger partial charge on any atom is 0.191 e. The van der Waals surface area contributed by atoms with Gasteiger partial charge in [0.05, 0.1) is 13.2 Å². The maximum atomic E-state index is 9.90. The number of guanidine groups is 1. The third-order valence-corrected chi connectivity index (χ3v) is 4.03. The molecule has 2 rings (SSSR count). The molecule has 0 amide bonds. The zero-order chi connectivity index (χ0) is 18.9. The molecule has 0 fully saturated rings. The van der Waals surface area contributed by atoms with E-state index in [2.05, 4.69) is 15.6 Å². The molecule has 0 aliphatic heterocycles. The van der Waals surface area contributed by atoms with Gasteiger partial charge in [-0.3, -0.25) is 0 Å². The van der Waals surface area contributed by atoms with Crippen molar-refractivity contribution in [2.75, 3.05) is 13.2 Å². The molecule has 0 atom stereocenters. The number of hydrogen-bond acceptors (Lipinski definition) is 3. The number of hydrogen-bond donors (Lipinski definition) is 3. The van der Waals surface area contributed by atoms with Gasteiger partial charge >= 0.3 is 0 Å². The third kappa shape index (κ3) is 5.41. The summed E-state index contributed by atoms with van der Waals surface area (Å²) in [6.45, 7) is 10.4. The minimum absolute atomic E-state index is 0.357. The summed E-state index contributed by atoms with van der Waals surface area (Å²) in [4.78, 5) is 4.66. The van der Waals surface area contributed by atoms with Gasteiger partial charge in [0.1, 0.15) is 11.5 Å². The highest BCUT2D eigenvalue weighted by Gasteiger charge is 2.06. The van der Waals surface area contributed by atoms with E-state index < -0.39 is 0 Å². The summed E-state index contributed by atoms with van der Waals surface area (Å²) in [5.74, 6) is 2.00. The molecule has 3 N–H and O–H groups in total. The molecular weight excluding hydrogens is 326 g/mol. The van der Waals surface area contributed by atoms with E-state index in [1.54, 1.807) is 0 Å². The van der Waals surface area contributed by atoms with Gasteiger partial charge in [0.25, 0.3) is 0 Å². The largest absolute Gasteiger partial charge is 0.507 e. The Morgan fingerprint density at radius 1 is 1.08 bits per heavy atom. The maximum absolute atomic E-state index is 9.90. The number of rotatable bonds is 7. The van der Waals surface area contributed by atoms with E-state index in [1.807, 2.05) is 64.1 Å². The standard InChI is InChI=1S/C21H29N3O2/c1-5-22-21(23-13-17-11-15(3)20(25)16(4)12-17)24-14-18-9-7-8-10-19(18)26-6-2/h7-12,25H,5-6,13-14H2,1-4H3,(H2,22,23,24). The van der Waals surface area contributed by atoms with Crippen LogP contribution in [0, 0.1) is 13.8 Å². The fourth-order valence-electron chi connectivity index (χ4n) is 2.77. The van der Waals surface area contributed by atoms with E-state index in [9.17, 15) is 5.11 Å². The molecule has 0 aliphatic carbocycles. The molecule has 0 saturated carbocycles. The lowest BCUT2D eigenvalue weighted by Crippen LogP contribution is -2.36. The average molecular weight is 355 g/mol. The minimum Gasteiger partial charge on any atom is -0.507 e. The van der Waals surface area contributed by atoms with Crippen molar-refractivity contribution in [3.05, 3.63) is 58.7 Å². The van der Waals surface area contributed by atoms with Crippen molar-refractivity contribution in [2.24, 2.45) is 4.99 Å². The fourth-order valence-corrected chi connectivity index (χ4v) is 2.77. The monoisotopic (exact) mass is 355 g/mol. The smallest absolute Gasteiger partial charge is 0.191 e. The van der Waals surface area contributed by atoms with Crippen molar-refractivity contribution in [2.45, 2.75) is 40.8 Å². The normalized spacial score (nSPS) is 11.3. The van der Waals surface area contributed by atoms with Crippen LogP contribution in [0.1, 0.15) is 36.1 Å². The highest BCUT2D eigenvalue weighted by Crippen LogP contribution is 2.23. The van der Waals surface area contributed by atoms with Gasteiger partial charge in [0.15, 0.2) is 5.96 Å². The minimum atomic E-state index is 0.357. The summed E-state index contributed by atoms with van der Waals surface area (Å²) in [5, 5.41) is 16.5. The number of nitrogens with one attached hydrogen (secondary N) is 2. The topological polar surface area (TPSA) is 65.9 Å². The molecule has 0 bridgehead atoms. The second kappa shape index (κ2) is 9.70. The van der Waals surface area contributed by atoms with Gasteiger partial charge in [-0.25, -0.2) is 4.99 Å². The molecule has 0 radical (unpaired) electrons. The molecule has 2 aromatic rings. The molecule has 5 nitrogen and oxygen atoms in total. The van der Waals surface area contributed by atoms with Gasteiger partial charge in [-0.2, -0.15) is 0 Å². The van der Waals surface area contributed by atoms with Crippen LogP contribution in [0.4, 0.5) is 0 Å². The average Bonchev–Trinajstić information content (AvgIpc) is 2.63. The van der Waals surface area contributed by atoms with Gasteiger partial charge in [0, 0.05) is 18.7 Å². The SMILES string of the molecule is CCNC(=NCc1cc(C)c(O)c(C)c1)NCc1ccccc1OCC. The molecule has 2 aromatic carbocycles. The van der Waals surface area contributed by atoms with Crippen molar-refractivity contribution < 1.29 is 9.84 Å². The summed E-state index contributed by atoms with van der Waals surface area (Å²) in [6.07, 6.45) is 0. The van der Waals surface area contributed by atoms with E-state index in [-0.39, 0.29) is 0 Å². The zero-order valence-electron chi connectivity index (χ0n) is 16.1. The lowest BCUT2D eigenvalue weighted by molar-refractivity contribution is 0.336. The van der Waals surface area contributed by atoms with Gasteiger partial charge in [-0.15, -0.1) is 0 Å². The molecule has 0 aliphatic rings. The highest BCUT2D eigenvalue weighted by molar-refractivity contribution is 5.79. The lowest BCUT2D eigenvalue weighted by atomic mass is 10.1. The van der Waals surface area contributed by atoms with Crippen molar-refractivity contribution in [3.8, 4) is 11.5 Å². The van der Waals surface area contributed by atoms with Gasteiger partial charge < -0.3 is 20.5 Å².